The topological polar surface area (TPSA) is 37.4 Å². The van der Waals surface area contributed by atoms with Crippen LogP contribution >= 0.6 is 23.2 Å². The maximum absolute atomic E-state index is 12.8. The van der Waals surface area contributed by atoms with Gasteiger partial charge >= 0.3 is 0 Å². The van der Waals surface area contributed by atoms with Gasteiger partial charge in [-0.2, -0.15) is 4.31 Å². The SMILES string of the molecule is CCN(Cc1cccc(C)c1)S(=O)(=O)c1cc(Cl)ccc1Cl. The monoisotopic (exact) mass is 357 g/mol. The third-order valence-corrected chi connectivity index (χ3v) is 5.94. The molecule has 118 valence electrons. The highest BCUT2D eigenvalue weighted by Gasteiger charge is 2.26. The van der Waals surface area contributed by atoms with Crippen LogP contribution in [0.4, 0.5) is 0 Å². The van der Waals surface area contributed by atoms with E-state index in [9.17, 15) is 8.42 Å². The molecule has 0 saturated carbocycles. The van der Waals surface area contributed by atoms with Crippen molar-refractivity contribution in [3.05, 3.63) is 63.6 Å². The van der Waals surface area contributed by atoms with Crippen LogP contribution in [-0.2, 0) is 16.6 Å². The smallest absolute Gasteiger partial charge is 0.207 e. The second-order valence-corrected chi connectivity index (χ2v) is 7.75. The maximum atomic E-state index is 12.8. The fourth-order valence-corrected chi connectivity index (χ4v) is 4.37. The Kier molecular flexibility index (Phi) is 5.50. The van der Waals surface area contributed by atoms with Crippen molar-refractivity contribution in [1.82, 2.24) is 4.31 Å². The number of hydrogen-bond donors (Lipinski definition) is 0. The molecule has 3 nitrogen and oxygen atoms in total. The zero-order valence-electron chi connectivity index (χ0n) is 12.4. The molecule has 0 radical (unpaired) electrons. The van der Waals surface area contributed by atoms with Crippen molar-refractivity contribution in [2.45, 2.75) is 25.3 Å². The van der Waals surface area contributed by atoms with E-state index in [0.717, 1.165) is 11.1 Å². The molecule has 0 spiro atoms. The second kappa shape index (κ2) is 7.01. The molecule has 0 N–H and O–H groups in total. The van der Waals surface area contributed by atoms with Gasteiger partial charge in [0.25, 0.3) is 0 Å². The molecule has 0 aliphatic heterocycles. The van der Waals surface area contributed by atoms with Crippen LogP contribution in [0.25, 0.3) is 0 Å². The van der Waals surface area contributed by atoms with E-state index in [-0.39, 0.29) is 9.92 Å². The van der Waals surface area contributed by atoms with E-state index in [1.807, 2.05) is 31.2 Å². The quantitative estimate of drug-likeness (QED) is 0.789. The van der Waals surface area contributed by atoms with E-state index in [1.165, 1.54) is 16.4 Å². The van der Waals surface area contributed by atoms with Gasteiger partial charge in [-0.25, -0.2) is 8.42 Å². The van der Waals surface area contributed by atoms with Gasteiger partial charge in [-0.05, 0) is 30.7 Å². The molecule has 0 bridgehead atoms. The average Bonchev–Trinajstić information content (AvgIpc) is 2.47. The molecule has 0 atom stereocenters. The summed E-state index contributed by atoms with van der Waals surface area (Å²) >= 11 is 12.0. The zero-order valence-corrected chi connectivity index (χ0v) is 14.7. The molecule has 0 aliphatic carbocycles. The Morgan fingerprint density at radius 3 is 2.45 bits per heavy atom. The Labute approximate surface area is 141 Å². The van der Waals surface area contributed by atoms with Crippen molar-refractivity contribution in [3.8, 4) is 0 Å². The molecule has 0 amide bonds. The summed E-state index contributed by atoms with van der Waals surface area (Å²) in [4.78, 5) is 0.0381. The third kappa shape index (κ3) is 3.82. The number of benzene rings is 2. The van der Waals surface area contributed by atoms with Crippen LogP contribution in [0.3, 0.4) is 0 Å². The summed E-state index contributed by atoms with van der Waals surface area (Å²) in [5, 5.41) is 0.515. The summed E-state index contributed by atoms with van der Waals surface area (Å²) in [6, 6.07) is 12.2. The van der Waals surface area contributed by atoms with Crippen molar-refractivity contribution in [2.75, 3.05) is 6.54 Å². The summed E-state index contributed by atoms with van der Waals surface area (Å²) in [6.45, 7) is 4.41. The molecule has 0 unspecified atom stereocenters. The fourth-order valence-electron chi connectivity index (χ4n) is 2.19. The lowest BCUT2D eigenvalue weighted by molar-refractivity contribution is 0.423. The highest BCUT2D eigenvalue weighted by atomic mass is 35.5. The van der Waals surface area contributed by atoms with Gasteiger partial charge in [0.15, 0.2) is 0 Å². The van der Waals surface area contributed by atoms with Crippen LogP contribution in [0.5, 0.6) is 0 Å². The largest absolute Gasteiger partial charge is 0.244 e. The molecule has 2 aromatic carbocycles. The van der Waals surface area contributed by atoms with Gasteiger partial charge in [0.05, 0.1) is 5.02 Å². The first-order valence-electron chi connectivity index (χ1n) is 6.85. The molecule has 2 aromatic rings. The summed E-state index contributed by atoms with van der Waals surface area (Å²) < 4.78 is 27.0. The molecule has 6 heteroatoms. The fraction of sp³-hybridized carbons (Fsp3) is 0.250. The molecule has 0 aliphatic rings. The second-order valence-electron chi connectivity index (χ2n) is 5.00. The summed E-state index contributed by atoms with van der Waals surface area (Å²) in [5.74, 6) is 0. The summed E-state index contributed by atoms with van der Waals surface area (Å²) in [6.07, 6.45) is 0. The van der Waals surface area contributed by atoms with E-state index in [4.69, 9.17) is 23.2 Å². The maximum Gasteiger partial charge on any atom is 0.244 e. The standard InChI is InChI=1S/C16H17Cl2NO2S/c1-3-19(11-13-6-4-5-12(2)9-13)22(20,21)16-10-14(17)7-8-15(16)18/h4-10H,3,11H2,1-2H3. The minimum absolute atomic E-state index is 0.0381. The predicted octanol–water partition coefficient (Wildman–Crippen LogP) is 4.51. The minimum atomic E-state index is -3.70. The predicted molar refractivity (Wildman–Crippen MR) is 90.9 cm³/mol. The van der Waals surface area contributed by atoms with Crippen LogP contribution in [0, 0.1) is 6.92 Å². The van der Waals surface area contributed by atoms with Crippen molar-refractivity contribution in [2.24, 2.45) is 0 Å². The number of halogens is 2. The highest BCUT2D eigenvalue weighted by Crippen LogP contribution is 2.28. The van der Waals surface area contributed by atoms with Gasteiger partial charge < -0.3 is 0 Å². The molecular weight excluding hydrogens is 341 g/mol. The zero-order chi connectivity index (χ0) is 16.3. The number of nitrogens with zero attached hydrogens (tertiary/aromatic N) is 1. The molecule has 0 fully saturated rings. The van der Waals surface area contributed by atoms with E-state index in [0.29, 0.717) is 18.1 Å². The van der Waals surface area contributed by atoms with E-state index in [2.05, 4.69) is 0 Å². The van der Waals surface area contributed by atoms with Gasteiger partial charge in [0.2, 0.25) is 10.0 Å². The molecule has 2 rings (SSSR count). The van der Waals surface area contributed by atoms with Gasteiger partial charge in [0, 0.05) is 18.1 Å². The third-order valence-electron chi connectivity index (χ3n) is 3.31. The Morgan fingerprint density at radius 2 is 1.82 bits per heavy atom. The lowest BCUT2D eigenvalue weighted by atomic mass is 10.1. The van der Waals surface area contributed by atoms with Crippen LogP contribution in [0.15, 0.2) is 47.4 Å². The van der Waals surface area contributed by atoms with E-state index < -0.39 is 10.0 Å². The van der Waals surface area contributed by atoms with Gasteiger partial charge in [-0.3, -0.25) is 0 Å². The first-order chi connectivity index (χ1) is 10.3. The first-order valence-corrected chi connectivity index (χ1v) is 9.05. The van der Waals surface area contributed by atoms with Crippen LogP contribution in [0.2, 0.25) is 10.0 Å². The Bertz CT molecular complexity index is 775. The van der Waals surface area contributed by atoms with Gasteiger partial charge in [-0.1, -0.05) is 60.0 Å². The molecule has 0 saturated heterocycles. The van der Waals surface area contributed by atoms with Crippen LogP contribution in [0.1, 0.15) is 18.1 Å². The normalized spacial score (nSPS) is 11.9. The number of sulfonamides is 1. The van der Waals surface area contributed by atoms with Crippen molar-refractivity contribution in [3.63, 3.8) is 0 Å². The number of hydrogen-bond acceptors (Lipinski definition) is 2. The molecule has 22 heavy (non-hydrogen) atoms. The van der Waals surface area contributed by atoms with Crippen LogP contribution < -0.4 is 0 Å². The Hall–Kier alpha value is -1.07. The lowest BCUT2D eigenvalue weighted by Gasteiger charge is -2.21. The van der Waals surface area contributed by atoms with Crippen molar-refractivity contribution in [1.29, 1.82) is 0 Å². The number of rotatable bonds is 5. The first kappa shape index (κ1) is 17.3. The van der Waals surface area contributed by atoms with Gasteiger partial charge in [0.1, 0.15) is 4.90 Å². The summed E-state index contributed by atoms with van der Waals surface area (Å²) in [7, 11) is -3.70. The average molecular weight is 358 g/mol. The number of aryl methyl sites for hydroxylation is 1. The minimum Gasteiger partial charge on any atom is -0.207 e. The Morgan fingerprint density at radius 1 is 1.09 bits per heavy atom. The van der Waals surface area contributed by atoms with Crippen molar-refractivity contribution < 1.29 is 8.42 Å². The lowest BCUT2D eigenvalue weighted by Crippen LogP contribution is -2.30. The molecule has 0 heterocycles. The molecular formula is C16H17Cl2NO2S. The summed E-state index contributed by atoms with van der Waals surface area (Å²) in [5.41, 5.74) is 2.02. The highest BCUT2D eigenvalue weighted by molar-refractivity contribution is 7.89. The van der Waals surface area contributed by atoms with E-state index in [1.54, 1.807) is 13.0 Å². The van der Waals surface area contributed by atoms with Crippen molar-refractivity contribution >= 4 is 33.2 Å². The van der Waals surface area contributed by atoms with Crippen LogP contribution in [-0.4, -0.2) is 19.3 Å². The Balaban J connectivity index is 2.39. The van der Waals surface area contributed by atoms with E-state index >= 15 is 0 Å². The molecule has 0 aromatic heterocycles. The van der Waals surface area contributed by atoms with Gasteiger partial charge in [-0.15, -0.1) is 0 Å².